The van der Waals surface area contributed by atoms with E-state index in [1.54, 1.807) is 24.1 Å². The third-order valence-corrected chi connectivity index (χ3v) is 5.12. The Morgan fingerprint density at radius 3 is 2.65 bits per heavy atom. The summed E-state index contributed by atoms with van der Waals surface area (Å²) in [5.74, 6) is -0.374. The first-order valence-corrected chi connectivity index (χ1v) is 8.54. The lowest BCUT2D eigenvalue weighted by Crippen LogP contribution is -2.34. The van der Waals surface area contributed by atoms with E-state index < -0.39 is 0 Å². The molecular formula is C18H25FN2O2. The first kappa shape index (κ1) is 16.2. The van der Waals surface area contributed by atoms with E-state index in [1.807, 2.05) is 4.90 Å². The highest BCUT2D eigenvalue weighted by Crippen LogP contribution is 2.27. The summed E-state index contributed by atoms with van der Waals surface area (Å²) in [7, 11) is 1.72. The van der Waals surface area contributed by atoms with Crippen LogP contribution in [-0.4, -0.2) is 48.7 Å². The van der Waals surface area contributed by atoms with Crippen LogP contribution in [0.25, 0.3) is 0 Å². The third kappa shape index (κ3) is 3.50. The number of hydrogen-bond donors (Lipinski definition) is 1. The highest BCUT2D eigenvalue weighted by molar-refractivity contribution is 5.94. The Labute approximate surface area is 136 Å². The number of benzene rings is 1. The molecule has 1 aliphatic heterocycles. The van der Waals surface area contributed by atoms with Crippen LogP contribution in [0.3, 0.4) is 0 Å². The van der Waals surface area contributed by atoms with Crippen molar-refractivity contribution in [2.45, 2.75) is 38.2 Å². The molecule has 0 radical (unpaired) electrons. The van der Waals surface area contributed by atoms with Crippen LogP contribution in [0.5, 0.6) is 0 Å². The fourth-order valence-corrected chi connectivity index (χ4v) is 3.74. The number of carbonyl (C=O) groups excluding carboxylic acids is 1. The van der Waals surface area contributed by atoms with Crippen molar-refractivity contribution in [2.75, 3.05) is 31.6 Å². The highest BCUT2D eigenvalue weighted by atomic mass is 19.1. The van der Waals surface area contributed by atoms with Gasteiger partial charge >= 0.3 is 0 Å². The monoisotopic (exact) mass is 320 g/mol. The summed E-state index contributed by atoms with van der Waals surface area (Å²) < 4.78 is 14.3. The maximum absolute atomic E-state index is 14.3. The number of halogens is 1. The van der Waals surface area contributed by atoms with Crippen LogP contribution < -0.4 is 4.90 Å². The summed E-state index contributed by atoms with van der Waals surface area (Å²) in [5, 5.41) is 9.89. The van der Waals surface area contributed by atoms with E-state index in [0.29, 0.717) is 17.8 Å². The molecule has 1 saturated carbocycles. The molecule has 4 nitrogen and oxygen atoms in total. The standard InChI is InChI=1S/C18H25FN2O2/c1-20(12-14-5-4-6-17(14)22)18(23)13-7-8-16(15(19)11-13)21-9-2-3-10-21/h7-8,11,14,17,22H,2-6,9-10,12H2,1H3. The summed E-state index contributed by atoms with van der Waals surface area (Å²) in [6.07, 6.45) is 4.62. The average molecular weight is 320 g/mol. The van der Waals surface area contributed by atoms with Crippen LogP contribution >= 0.6 is 0 Å². The van der Waals surface area contributed by atoms with Gasteiger partial charge in [0.15, 0.2) is 0 Å². The fraction of sp³-hybridized carbons (Fsp3) is 0.611. The van der Waals surface area contributed by atoms with E-state index in [-0.39, 0.29) is 23.7 Å². The van der Waals surface area contributed by atoms with Crippen molar-refractivity contribution in [3.63, 3.8) is 0 Å². The van der Waals surface area contributed by atoms with E-state index >= 15 is 0 Å². The normalized spacial score (nSPS) is 24.2. The van der Waals surface area contributed by atoms with E-state index in [2.05, 4.69) is 0 Å². The van der Waals surface area contributed by atoms with Crippen molar-refractivity contribution >= 4 is 11.6 Å². The van der Waals surface area contributed by atoms with Gasteiger partial charge in [-0.2, -0.15) is 0 Å². The Morgan fingerprint density at radius 2 is 2.04 bits per heavy atom. The van der Waals surface area contributed by atoms with Crippen molar-refractivity contribution in [1.82, 2.24) is 4.90 Å². The number of rotatable bonds is 4. The lowest BCUT2D eigenvalue weighted by Gasteiger charge is -2.24. The van der Waals surface area contributed by atoms with Crippen molar-refractivity contribution in [1.29, 1.82) is 0 Å². The van der Waals surface area contributed by atoms with Gasteiger partial charge in [-0.25, -0.2) is 4.39 Å². The first-order chi connectivity index (χ1) is 11.1. The maximum Gasteiger partial charge on any atom is 0.253 e. The molecule has 0 aromatic heterocycles. The maximum atomic E-state index is 14.3. The lowest BCUT2D eigenvalue weighted by molar-refractivity contribution is 0.0693. The molecule has 1 aromatic rings. The van der Waals surface area contributed by atoms with E-state index in [0.717, 1.165) is 45.2 Å². The molecule has 126 valence electrons. The highest BCUT2D eigenvalue weighted by Gasteiger charge is 2.28. The summed E-state index contributed by atoms with van der Waals surface area (Å²) >= 11 is 0. The predicted octanol–water partition coefficient (Wildman–Crippen LogP) is 2.66. The molecule has 0 bridgehead atoms. The van der Waals surface area contributed by atoms with Gasteiger partial charge in [0.2, 0.25) is 0 Å². The molecule has 2 aliphatic rings. The van der Waals surface area contributed by atoms with Crippen LogP contribution in [0.2, 0.25) is 0 Å². The molecule has 5 heteroatoms. The second-order valence-electron chi connectivity index (χ2n) is 6.80. The van der Waals surface area contributed by atoms with Crippen molar-refractivity contribution < 1.29 is 14.3 Å². The van der Waals surface area contributed by atoms with Gasteiger partial charge < -0.3 is 14.9 Å². The number of aliphatic hydroxyl groups is 1. The van der Waals surface area contributed by atoms with Gasteiger partial charge in [0.1, 0.15) is 5.82 Å². The molecule has 2 atom stereocenters. The molecular weight excluding hydrogens is 295 g/mol. The Bertz CT molecular complexity index is 572. The molecule has 1 aliphatic carbocycles. The number of hydrogen-bond acceptors (Lipinski definition) is 3. The molecule has 1 N–H and O–H groups in total. The Hall–Kier alpha value is -1.62. The van der Waals surface area contributed by atoms with Gasteiger partial charge in [-0.3, -0.25) is 4.79 Å². The largest absolute Gasteiger partial charge is 0.393 e. The Kier molecular flexibility index (Phi) is 4.85. The van der Waals surface area contributed by atoms with Crippen LogP contribution in [0, 0.1) is 11.7 Å². The second-order valence-corrected chi connectivity index (χ2v) is 6.80. The molecule has 2 unspecified atom stereocenters. The topological polar surface area (TPSA) is 43.8 Å². The third-order valence-electron chi connectivity index (χ3n) is 5.12. The molecule has 1 aromatic carbocycles. The molecule has 23 heavy (non-hydrogen) atoms. The van der Waals surface area contributed by atoms with Gasteiger partial charge in [-0.15, -0.1) is 0 Å². The van der Waals surface area contributed by atoms with Gasteiger partial charge in [0, 0.05) is 38.2 Å². The minimum Gasteiger partial charge on any atom is -0.393 e. The molecule has 0 spiro atoms. The minimum atomic E-state index is -0.327. The predicted molar refractivity (Wildman–Crippen MR) is 88.2 cm³/mol. The smallest absolute Gasteiger partial charge is 0.253 e. The van der Waals surface area contributed by atoms with Crippen LogP contribution in [0.1, 0.15) is 42.5 Å². The summed E-state index contributed by atoms with van der Waals surface area (Å²) in [6.45, 7) is 2.28. The summed E-state index contributed by atoms with van der Waals surface area (Å²) in [5.41, 5.74) is 0.966. The quantitative estimate of drug-likeness (QED) is 0.927. The zero-order valence-corrected chi connectivity index (χ0v) is 13.7. The average Bonchev–Trinajstić information content (AvgIpc) is 3.19. The van der Waals surface area contributed by atoms with Crippen molar-refractivity contribution in [3.05, 3.63) is 29.6 Å². The number of nitrogens with zero attached hydrogens (tertiary/aromatic N) is 2. The zero-order valence-electron chi connectivity index (χ0n) is 13.7. The minimum absolute atomic E-state index is 0.137. The SMILES string of the molecule is CN(CC1CCCC1O)C(=O)c1ccc(N2CCCC2)c(F)c1. The van der Waals surface area contributed by atoms with Crippen molar-refractivity contribution in [3.8, 4) is 0 Å². The van der Waals surface area contributed by atoms with Gasteiger partial charge in [0.25, 0.3) is 5.91 Å². The number of aliphatic hydroxyl groups excluding tert-OH is 1. The van der Waals surface area contributed by atoms with E-state index in [9.17, 15) is 14.3 Å². The molecule has 2 fully saturated rings. The van der Waals surface area contributed by atoms with Crippen LogP contribution in [0.4, 0.5) is 10.1 Å². The number of anilines is 1. The van der Waals surface area contributed by atoms with Gasteiger partial charge in [0.05, 0.1) is 11.8 Å². The number of carbonyl (C=O) groups is 1. The fourth-order valence-electron chi connectivity index (χ4n) is 3.74. The Morgan fingerprint density at radius 1 is 1.30 bits per heavy atom. The Balaban J connectivity index is 1.68. The van der Waals surface area contributed by atoms with Gasteiger partial charge in [-0.05, 0) is 43.9 Å². The molecule has 1 amide bonds. The molecule has 1 saturated heterocycles. The molecule has 1 heterocycles. The van der Waals surface area contributed by atoms with E-state index in [4.69, 9.17) is 0 Å². The zero-order chi connectivity index (χ0) is 16.4. The van der Waals surface area contributed by atoms with Crippen LogP contribution in [-0.2, 0) is 0 Å². The van der Waals surface area contributed by atoms with Gasteiger partial charge in [-0.1, -0.05) is 6.42 Å². The van der Waals surface area contributed by atoms with Crippen LogP contribution in [0.15, 0.2) is 18.2 Å². The summed E-state index contributed by atoms with van der Waals surface area (Å²) in [6, 6.07) is 4.77. The lowest BCUT2D eigenvalue weighted by atomic mass is 10.0. The molecule has 3 rings (SSSR count). The second kappa shape index (κ2) is 6.87. The van der Waals surface area contributed by atoms with E-state index in [1.165, 1.54) is 6.07 Å². The first-order valence-electron chi connectivity index (χ1n) is 8.54. The number of amides is 1. The summed E-state index contributed by atoms with van der Waals surface area (Å²) in [4.78, 5) is 16.1. The van der Waals surface area contributed by atoms with Crippen molar-refractivity contribution in [2.24, 2.45) is 5.92 Å².